The highest BCUT2D eigenvalue weighted by atomic mass is 16.5. The summed E-state index contributed by atoms with van der Waals surface area (Å²) in [5.74, 6) is 0.00532. The Morgan fingerprint density at radius 3 is 2.88 bits per heavy atom. The molecule has 1 aliphatic rings. The van der Waals surface area contributed by atoms with Crippen LogP contribution in [0.4, 0.5) is 5.69 Å². The van der Waals surface area contributed by atoms with Crippen LogP contribution in [0, 0.1) is 13.8 Å². The molecule has 2 rings (SSSR count). The van der Waals surface area contributed by atoms with Crippen molar-refractivity contribution in [2.75, 3.05) is 18.7 Å². The lowest BCUT2D eigenvalue weighted by Gasteiger charge is -2.15. The minimum absolute atomic E-state index is 0.00532. The number of benzene rings is 1. The van der Waals surface area contributed by atoms with Crippen molar-refractivity contribution in [1.29, 1.82) is 0 Å². The van der Waals surface area contributed by atoms with Crippen LogP contribution >= 0.6 is 0 Å². The number of hydrogen-bond acceptors (Lipinski definition) is 3. The first-order valence-corrected chi connectivity index (χ1v) is 5.57. The Kier molecular flexibility index (Phi) is 3.24. The van der Waals surface area contributed by atoms with Crippen molar-refractivity contribution in [3.05, 3.63) is 29.3 Å². The largest absolute Gasteiger partial charge is 0.379 e. The van der Waals surface area contributed by atoms with E-state index in [2.05, 4.69) is 5.10 Å². The zero-order valence-corrected chi connectivity index (χ0v) is 10.4. The summed E-state index contributed by atoms with van der Waals surface area (Å²) >= 11 is 0. The summed E-state index contributed by atoms with van der Waals surface area (Å²) in [5, 5.41) is 5.79. The van der Waals surface area contributed by atoms with E-state index < -0.39 is 0 Å². The molecule has 0 fully saturated rings. The third-order valence-corrected chi connectivity index (χ3v) is 2.74. The first-order valence-electron chi connectivity index (χ1n) is 5.57. The lowest BCUT2D eigenvalue weighted by molar-refractivity contribution is -0.116. The van der Waals surface area contributed by atoms with Crippen LogP contribution in [0.2, 0.25) is 0 Å². The Labute approximate surface area is 101 Å². The van der Waals surface area contributed by atoms with Gasteiger partial charge in [-0.25, -0.2) is 5.01 Å². The van der Waals surface area contributed by atoms with Gasteiger partial charge in [-0.05, 0) is 31.0 Å². The van der Waals surface area contributed by atoms with Crippen molar-refractivity contribution >= 4 is 17.3 Å². The average Bonchev–Trinajstić information content (AvgIpc) is 2.64. The molecule has 0 aromatic heterocycles. The third-order valence-electron chi connectivity index (χ3n) is 2.74. The SMILES string of the molecule is COCC1=NN(c2cc(C)ccc2C)C(=O)C1. The van der Waals surface area contributed by atoms with Gasteiger partial charge in [-0.3, -0.25) is 4.79 Å². The molecule has 90 valence electrons. The number of amides is 1. The van der Waals surface area contributed by atoms with E-state index in [1.165, 1.54) is 5.01 Å². The highest BCUT2D eigenvalue weighted by Crippen LogP contribution is 2.25. The summed E-state index contributed by atoms with van der Waals surface area (Å²) in [4.78, 5) is 11.9. The fraction of sp³-hybridized carbons (Fsp3) is 0.385. The van der Waals surface area contributed by atoms with Gasteiger partial charge < -0.3 is 4.74 Å². The van der Waals surface area contributed by atoms with E-state index in [9.17, 15) is 4.79 Å². The van der Waals surface area contributed by atoms with Crippen molar-refractivity contribution in [2.45, 2.75) is 20.3 Å². The molecule has 4 nitrogen and oxygen atoms in total. The van der Waals surface area contributed by atoms with Crippen molar-refractivity contribution in [2.24, 2.45) is 5.10 Å². The summed E-state index contributed by atoms with van der Waals surface area (Å²) in [6.07, 6.45) is 0.348. The standard InChI is InChI=1S/C13H16N2O2/c1-9-4-5-10(2)12(6-9)15-13(16)7-11(14-15)8-17-3/h4-6H,7-8H2,1-3H3. The first-order chi connectivity index (χ1) is 8.11. The fourth-order valence-corrected chi connectivity index (χ4v) is 1.86. The molecule has 1 aromatic rings. The quantitative estimate of drug-likeness (QED) is 0.800. The molecular formula is C13H16N2O2. The molecule has 0 N–H and O–H groups in total. The highest BCUT2D eigenvalue weighted by Gasteiger charge is 2.25. The number of ether oxygens (including phenoxy) is 1. The van der Waals surface area contributed by atoms with Gasteiger partial charge in [-0.2, -0.15) is 5.10 Å². The maximum absolute atomic E-state index is 11.9. The number of rotatable bonds is 3. The van der Waals surface area contributed by atoms with Crippen LogP contribution in [0.15, 0.2) is 23.3 Å². The monoisotopic (exact) mass is 232 g/mol. The third kappa shape index (κ3) is 2.36. The van der Waals surface area contributed by atoms with Gasteiger partial charge in [0, 0.05) is 7.11 Å². The summed E-state index contributed by atoms with van der Waals surface area (Å²) in [7, 11) is 1.60. The van der Waals surface area contributed by atoms with Crippen molar-refractivity contribution in [3.63, 3.8) is 0 Å². The van der Waals surface area contributed by atoms with Gasteiger partial charge in [0.1, 0.15) is 0 Å². The zero-order chi connectivity index (χ0) is 12.4. The molecule has 0 saturated carbocycles. The second kappa shape index (κ2) is 4.67. The molecule has 1 aromatic carbocycles. The Balaban J connectivity index is 2.33. The van der Waals surface area contributed by atoms with Crippen LogP contribution in [-0.4, -0.2) is 25.3 Å². The number of anilines is 1. The van der Waals surface area contributed by atoms with Gasteiger partial charge in [-0.1, -0.05) is 12.1 Å². The predicted molar refractivity (Wildman–Crippen MR) is 67.3 cm³/mol. The van der Waals surface area contributed by atoms with Crippen LogP contribution in [0.1, 0.15) is 17.5 Å². The van der Waals surface area contributed by atoms with E-state index in [1.807, 2.05) is 32.0 Å². The van der Waals surface area contributed by atoms with Gasteiger partial charge >= 0.3 is 0 Å². The molecule has 0 spiro atoms. The van der Waals surface area contributed by atoms with Gasteiger partial charge in [-0.15, -0.1) is 0 Å². The van der Waals surface area contributed by atoms with Crippen molar-refractivity contribution in [1.82, 2.24) is 0 Å². The lowest BCUT2D eigenvalue weighted by atomic mass is 10.1. The number of carbonyl (C=O) groups excluding carboxylic acids is 1. The number of carbonyl (C=O) groups is 1. The van der Waals surface area contributed by atoms with E-state index in [-0.39, 0.29) is 5.91 Å². The van der Waals surface area contributed by atoms with Crippen LogP contribution in [0.3, 0.4) is 0 Å². The maximum Gasteiger partial charge on any atom is 0.253 e. The highest BCUT2D eigenvalue weighted by molar-refractivity contribution is 6.13. The molecule has 0 saturated heterocycles. The van der Waals surface area contributed by atoms with Crippen LogP contribution in [-0.2, 0) is 9.53 Å². The molecular weight excluding hydrogens is 216 g/mol. The van der Waals surface area contributed by atoms with Gasteiger partial charge in [0.25, 0.3) is 5.91 Å². The van der Waals surface area contributed by atoms with E-state index in [1.54, 1.807) is 7.11 Å². The van der Waals surface area contributed by atoms with Gasteiger partial charge in [0.2, 0.25) is 0 Å². The topological polar surface area (TPSA) is 41.9 Å². The van der Waals surface area contributed by atoms with Crippen molar-refractivity contribution in [3.8, 4) is 0 Å². The van der Waals surface area contributed by atoms with E-state index in [0.717, 1.165) is 22.5 Å². The van der Waals surface area contributed by atoms with Crippen LogP contribution < -0.4 is 5.01 Å². The first kappa shape index (κ1) is 11.8. The van der Waals surface area contributed by atoms with Crippen molar-refractivity contribution < 1.29 is 9.53 Å². The Bertz CT molecular complexity index is 480. The summed E-state index contributed by atoms with van der Waals surface area (Å²) in [6, 6.07) is 6.01. The molecule has 0 radical (unpaired) electrons. The molecule has 0 aliphatic carbocycles. The fourth-order valence-electron chi connectivity index (χ4n) is 1.86. The second-order valence-electron chi connectivity index (χ2n) is 4.27. The molecule has 0 atom stereocenters. The number of nitrogens with zero attached hydrogens (tertiary/aromatic N) is 2. The summed E-state index contributed by atoms with van der Waals surface area (Å²) in [6.45, 7) is 4.39. The zero-order valence-electron chi connectivity index (χ0n) is 10.4. The van der Waals surface area contributed by atoms with Gasteiger partial charge in [0.15, 0.2) is 0 Å². The van der Waals surface area contributed by atoms with E-state index >= 15 is 0 Å². The molecule has 0 bridgehead atoms. The average molecular weight is 232 g/mol. The lowest BCUT2D eigenvalue weighted by Crippen LogP contribution is -2.20. The predicted octanol–water partition coefficient (Wildman–Crippen LogP) is 2.04. The Morgan fingerprint density at radius 2 is 2.18 bits per heavy atom. The minimum atomic E-state index is 0.00532. The van der Waals surface area contributed by atoms with E-state index in [0.29, 0.717) is 13.0 Å². The second-order valence-corrected chi connectivity index (χ2v) is 4.27. The summed E-state index contributed by atoms with van der Waals surface area (Å²) < 4.78 is 5.00. The molecule has 1 amide bonds. The summed E-state index contributed by atoms with van der Waals surface area (Å²) in [5.41, 5.74) is 3.81. The Morgan fingerprint density at radius 1 is 1.41 bits per heavy atom. The number of hydrazone groups is 1. The van der Waals surface area contributed by atoms with E-state index in [4.69, 9.17) is 4.74 Å². The maximum atomic E-state index is 11.9. The molecule has 1 aliphatic heterocycles. The number of aryl methyl sites for hydroxylation is 2. The van der Waals surface area contributed by atoms with Crippen LogP contribution in [0.25, 0.3) is 0 Å². The van der Waals surface area contributed by atoms with Crippen LogP contribution in [0.5, 0.6) is 0 Å². The molecule has 0 unspecified atom stereocenters. The van der Waals surface area contributed by atoms with Gasteiger partial charge in [0.05, 0.1) is 24.4 Å². The Hall–Kier alpha value is -1.68. The molecule has 17 heavy (non-hydrogen) atoms. The smallest absolute Gasteiger partial charge is 0.253 e. The number of methoxy groups -OCH3 is 1. The normalized spacial score (nSPS) is 15.4. The molecule has 1 heterocycles. The minimum Gasteiger partial charge on any atom is -0.379 e. The number of hydrogen-bond donors (Lipinski definition) is 0. The molecule has 4 heteroatoms.